The average Bonchev–Trinajstić information content (AvgIpc) is 3.46. The Labute approximate surface area is 198 Å². The van der Waals surface area contributed by atoms with Crippen molar-refractivity contribution in [3.05, 3.63) is 59.8 Å². The van der Waals surface area contributed by atoms with Gasteiger partial charge in [0.25, 0.3) is 0 Å². The fourth-order valence-electron chi connectivity index (χ4n) is 6.45. The van der Waals surface area contributed by atoms with E-state index < -0.39 is 11.2 Å². The Balaban J connectivity index is 1.64. The Hall–Kier alpha value is -2.36. The van der Waals surface area contributed by atoms with E-state index >= 15 is 0 Å². The molecule has 178 valence electrons. The van der Waals surface area contributed by atoms with E-state index in [0.717, 1.165) is 32.1 Å². The molecule has 0 aliphatic heterocycles. The molecule has 4 aliphatic carbocycles. The SMILES string of the molecule is CCC1C=CC=CC1(CC)OC(=O)C1=C(C(=O)OC2(CC)C=CC=CC2CC)C2CCC1C2. The number of ether oxygens (including phenoxy) is 2. The molecule has 4 nitrogen and oxygen atoms in total. The van der Waals surface area contributed by atoms with Gasteiger partial charge < -0.3 is 9.47 Å². The first-order chi connectivity index (χ1) is 15.9. The second-order valence-electron chi connectivity index (χ2n) is 9.95. The Morgan fingerprint density at radius 2 is 1.18 bits per heavy atom. The Morgan fingerprint density at radius 1 is 0.758 bits per heavy atom. The van der Waals surface area contributed by atoms with Crippen molar-refractivity contribution in [2.24, 2.45) is 23.7 Å². The molecule has 4 aliphatic rings. The van der Waals surface area contributed by atoms with Crippen LogP contribution in [0.3, 0.4) is 0 Å². The summed E-state index contributed by atoms with van der Waals surface area (Å²) in [7, 11) is 0. The van der Waals surface area contributed by atoms with E-state index in [4.69, 9.17) is 9.47 Å². The molecule has 6 unspecified atom stereocenters. The van der Waals surface area contributed by atoms with Crippen LogP contribution in [0.2, 0.25) is 0 Å². The predicted octanol–water partition coefficient (Wildman–Crippen LogP) is 6.40. The standard InChI is InChI=1S/C29H38O4/c1-5-22-13-9-11-17-28(22,7-3)32-26(30)24-20-15-16-21(19-20)25(24)27(31)33-29(8-4)18-12-10-14-23(29)6-2/h9-14,17-18,20-23H,5-8,15-16,19H2,1-4H3. The van der Waals surface area contributed by atoms with Crippen molar-refractivity contribution in [2.75, 3.05) is 0 Å². The lowest BCUT2D eigenvalue weighted by Gasteiger charge is -2.38. The third kappa shape index (κ3) is 4.06. The van der Waals surface area contributed by atoms with Gasteiger partial charge in [-0.1, -0.05) is 64.2 Å². The molecule has 0 aromatic rings. The first-order valence-electron chi connectivity index (χ1n) is 12.9. The van der Waals surface area contributed by atoms with Crippen molar-refractivity contribution in [3.8, 4) is 0 Å². The fraction of sp³-hybridized carbons (Fsp3) is 0.586. The van der Waals surface area contributed by atoms with Crippen molar-refractivity contribution < 1.29 is 19.1 Å². The fourth-order valence-corrected chi connectivity index (χ4v) is 6.45. The molecular weight excluding hydrogens is 412 g/mol. The van der Waals surface area contributed by atoms with Gasteiger partial charge in [-0.3, -0.25) is 0 Å². The quantitative estimate of drug-likeness (QED) is 0.402. The number of carbonyl (C=O) groups excluding carboxylic acids is 2. The van der Waals surface area contributed by atoms with E-state index in [1.165, 1.54) is 0 Å². The second-order valence-corrected chi connectivity index (χ2v) is 9.95. The average molecular weight is 451 g/mol. The highest BCUT2D eigenvalue weighted by Gasteiger charge is 2.49. The summed E-state index contributed by atoms with van der Waals surface area (Å²) >= 11 is 0. The number of rotatable bonds is 8. The summed E-state index contributed by atoms with van der Waals surface area (Å²) in [6, 6.07) is 0. The van der Waals surface area contributed by atoms with Crippen molar-refractivity contribution in [1.82, 2.24) is 0 Å². The molecule has 1 fully saturated rings. The lowest BCUT2D eigenvalue weighted by Crippen LogP contribution is -2.42. The molecule has 0 N–H and O–H groups in total. The maximum Gasteiger partial charge on any atom is 0.335 e. The van der Waals surface area contributed by atoms with E-state index in [1.807, 2.05) is 36.5 Å². The molecule has 1 saturated carbocycles. The topological polar surface area (TPSA) is 52.6 Å². The lowest BCUT2D eigenvalue weighted by molar-refractivity contribution is -0.158. The summed E-state index contributed by atoms with van der Waals surface area (Å²) in [5.74, 6) is -0.179. The molecule has 4 heteroatoms. The minimum Gasteiger partial charge on any atom is -0.451 e. The summed E-state index contributed by atoms with van der Waals surface area (Å²) in [6.07, 6.45) is 22.2. The molecular formula is C29H38O4. The van der Waals surface area contributed by atoms with Crippen LogP contribution < -0.4 is 0 Å². The molecule has 33 heavy (non-hydrogen) atoms. The van der Waals surface area contributed by atoms with Gasteiger partial charge in [-0.2, -0.15) is 0 Å². The van der Waals surface area contributed by atoms with Crippen molar-refractivity contribution in [1.29, 1.82) is 0 Å². The minimum absolute atomic E-state index is 0.100. The highest BCUT2D eigenvalue weighted by molar-refractivity contribution is 6.03. The van der Waals surface area contributed by atoms with Gasteiger partial charge in [0.05, 0.1) is 11.1 Å². The van der Waals surface area contributed by atoms with Gasteiger partial charge in [0.2, 0.25) is 0 Å². The zero-order chi connectivity index (χ0) is 23.6. The maximum atomic E-state index is 13.6. The molecule has 0 aromatic heterocycles. The largest absolute Gasteiger partial charge is 0.451 e. The van der Waals surface area contributed by atoms with Gasteiger partial charge in [-0.15, -0.1) is 0 Å². The number of allylic oxidation sites excluding steroid dienone is 4. The van der Waals surface area contributed by atoms with Crippen LogP contribution in [0, 0.1) is 23.7 Å². The number of carbonyl (C=O) groups is 2. The molecule has 4 rings (SSSR count). The van der Waals surface area contributed by atoms with Gasteiger partial charge in [-0.25, -0.2) is 9.59 Å². The van der Waals surface area contributed by atoms with E-state index in [0.29, 0.717) is 24.0 Å². The summed E-state index contributed by atoms with van der Waals surface area (Å²) in [4.78, 5) is 27.3. The van der Waals surface area contributed by atoms with Crippen LogP contribution >= 0.6 is 0 Å². The van der Waals surface area contributed by atoms with Crippen molar-refractivity contribution in [3.63, 3.8) is 0 Å². The second kappa shape index (κ2) is 9.48. The third-order valence-corrected chi connectivity index (χ3v) is 8.45. The summed E-state index contributed by atoms with van der Waals surface area (Å²) in [6.45, 7) is 8.35. The summed E-state index contributed by atoms with van der Waals surface area (Å²) < 4.78 is 12.5. The van der Waals surface area contributed by atoms with Crippen LogP contribution in [0.25, 0.3) is 0 Å². The van der Waals surface area contributed by atoms with Crippen LogP contribution in [0.1, 0.15) is 72.6 Å². The number of hydrogen-bond acceptors (Lipinski definition) is 4. The van der Waals surface area contributed by atoms with Gasteiger partial charge in [0.15, 0.2) is 0 Å². The smallest absolute Gasteiger partial charge is 0.335 e. The van der Waals surface area contributed by atoms with Crippen LogP contribution in [0.15, 0.2) is 59.8 Å². The van der Waals surface area contributed by atoms with Crippen LogP contribution in [0.4, 0.5) is 0 Å². The van der Waals surface area contributed by atoms with Crippen LogP contribution in [-0.4, -0.2) is 23.1 Å². The highest BCUT2D eigenvalue weighted by Crippen LogP contribution is 2.51. The molecule has 0 saturated heterocycles. The number of hydrogen-bond donors (Lipinski definition) is 0. The molecule has 6 atom stereocenters. The first kappa shape index (κ1) is 23.8. The minimum atomic E-state index is -0.653. The molecule has 0 amide bonds. The van der Waals surface area contributed by atoms with Gasteiger partial charge >= 0.3 is 11.9 Å². The molecule has 0 aromatic carbocycles. The van der Waals surface area contributed by atoms with E-state index in [1.54, 1.807) is 0 Å². The number of esters is 2. The summed E-state index contributed by atoms with van der Waals surface area (Å²) in [5.41, 5.74) is -0.147. The van der Waals surface area contributed by atoms with Crippen LogP contribution in [-0.2, 0) is 19.1 Å². The molecule has 2 bridgehead atoms. The lowest BCUT2D eigenvalue weighted by atomic mass is 9.79. The predicted molar refractivity (Wildman–Crippen MR) is 130 cm³/mol. The molecule has 0 heterocycles. The van der Waals surface area contributed by atoms with Gasteiger partial charge in [-0.05, 0) is 68.9 Å². The normalized spacial score (nSPS) is 36.5. The third-order valence-electron chi connectivity index (χ3n) is 8.45. The monoisotopic (exact) mass is 450 g/mol. The van der Waals surface area contributed by atoms with Crippen molar-refractivity contribution in [2.45, 2.75) is 83.8 Å². The highest BCUT2D eigenvalue weighted by atomic mass is 16.6. The van der Waals surface area contributed by atoms with Crippen LogP contribution in [0.5, 0.6) is 0 Å². The summed E-state index contributed by atoms with van der Waals surface area (Å²) in [5, 5.41) is 0. The van der Waals surface area contributed by atoms with E-state index in [-0.39, 0.29) is 35.6 Å². The zero-order valence-corrected chi connectivity index (χ0v) is 20.5. The zero-order valence-electron chi connectivity index (χ0n) is 20.5. The first-order valence-corrected chi connectivity index (χ1v) is 12.9. The Morgan fingerprint density at radius 3 is 1.55 bits per heavy atom. The molecule has 0 spiro atoms. The Kier molecular flexibility index (Phi) is 6.83. The van der Waals surface area contributed by atoms with Gasteiger partial charge in [0, 0.05) is 11.8 Å². The van der Waals surface area contributed by atoms with E-state index in [2.05, 4.69) is 39.8 Å². The molecule has 0 radical (unpaired) electrons. The van der Waals surface area contributed by atoms with Crippen molar-refractivity contribution >= 4 is 11.9 Å². The maximum absolute atomic E-state index is 13.6. The Bertz CT molecular complexity index is 861. The van der Waals surface area contributed by atoms with Gasteiger partial charge in [0.1, 0.15) is 11.2 Å². The number of fused-ring (bicyclic) bond motifs is 2. The van der Waals surface area contributed by atoms with E-state index in [9.17, 15) is 9.59 Å².